The number of amides is 2. The summed E-state index contributed by atoms with van der Waals surface area (Å²) < 4.78 is 0. The second kappa shape index (κ2) is 7.14. The molecule has 0 spiro atoms. The van der Waals surface area contributed by atoms with Crippen molar-refractivity contribution in [2.24, 2.45) is 0 Å². The highest BCUT2D eigenvalue weighted by atomic mass is 35.5. The van der Waals surface area contributed by atoms with Crippen LogP contribution in [0.2, 0.25) is 0 Å². The van der Waals surface area contributed by atoms with Crippen molar-refractivity contribution in [3.8, 4) is 0 Å². The number of benzene rings is 1. The van der Waals surface area contributed by atoms with Crippen LogP contribution in [0.1, 0.15) is 24.0 Å². The molecule has 1 aromatic carbocycles. The molecule has 0 radical (unpaired) electrons. The number of aryl methyl sites for hydroxylation is 2. The Morgan fingerprint density at radius 2 is 1.75 bits per heavy atom. The molecule has 1 fully saturated rings. The van der Waals surface area contributed by atoms with Gasteiger partial charge in [-0.25, -0.2) is 4.79 Å². The summed E-state index contributed by atoms with van der Waals surface area (Å²) >= 11 is 0. The number of rotatable bonds is 1. The molecule has 110 valence electrons. The molecule has 0 atom stereocenters. The topological polar surface area (TPSA) is 68.2 Å². The smallest absolute Gasteiger partial charge is 0.326 e. The first-order valence-corrected chi connectivity index (χ1v) is 6.55. The van der Waals surface area contributed by atoms with Crippen molar-refractivity contribution < 1.29 is 4.79 Å². The third kappa shape index (κ3) is 3.87. The number of halogens is 1. The van der Waals surface area contributed by atoms with Gasteiger partial charge in [0.25, 0.3) is 0 Å². The van der Waals surface area contributed by atoms with E-state index in [4.69, 9.17) is 5.41 Å². The maximum atomic E-state index is 11.9. The fraction of sp³-hybridized carbons (Fsp3) is 0.429. The highest BCUT2D eigenvalue weighted by Crippen LogP contribution is 2.19. The van der Waals surface area contributed by atoms with Gasteiger partial charge < -0.3 is 10.2 Å². The molecule has 2 rings (SSSR count). The fourth-order valence-corrected chi connectivity index (χ4v) is 2.28. The summed E-state index contributed by atoms with van der Waals surface area (Å²) in [5.41, 5.74) is 2.85. The highest BCUT2D eigenvalue weighted by Gasteiger charge is 2.17. The summed E-state index contributed by atoms with van der Waals surface area (Å²) in [6.45, 7) is 5.60. The van der Waals surface area contributed by atoms with Gasteiger partial charge in [-0.1, -0.05) is 18.2 Å². The number of nitrogens with zero attached hydrogens (tertiary/aromatic N) is 1. The molecule has 0 unspecified atom stereocenters. The Labute approximate surface area is 125 Å². The Morgan fingerprint density at radius 1 is 1.20 bits per heavy atom. The second-order valence-corrected chi connectivity index (χ2v) is 4.89. The molecule has 0 aromatic heterocycles. The SMILES string of the molecule is Cc1cccc(C)c1NC(=O)NC(=N)N1CCCC1.Cl. The number of anilines is 1. The van der Waals surface area contributed by atoms with Crippen LogP contribution in [0.3, 0.4) is 0 Å². The predicted octanol–water partition coefficient (Wildman–Crippen LogP) is 2.88. The number of hydrogen-bond donors (Lipinski definition) is 3. The maximum Gasteiger partial charge on any atom is 0.326 e. The number of guanidine groups is 1. The van der Waals surface area contributed by atoms with E-state index in [1.54, 1.807) is 0 Å². The standard InChI is InChI=1S/C14H20N4O.ClH/c1-10-6-5-7-11(2)12(10)16-14(19)17-13(15)18-8-3-4-9-18;/h5-7H,3-4,8-9H2,1-2H3,(H3,15,16,17,19);1H. The van der Waals surface area contributed by atoms with E-state index >= 15 is 0 Å². The van der Waals surface area contributed by atoms with Gasteiger partial charge in [0.1, 0.15) is 0 Å². The van der Waals surface area contributed by atoms with Crippen LogP contribution in [-0.4, -0.2) is 30.0 Å². The normalized spacial score (nSPS) is 13.6. The monoisotopic (exact) mass is 296 g/mol. The van der Waals surface area contributed by atoms with E-state index in [1.807, 2.05) is 36.9 Å². The van der Waals surface area contributed by atoms with E-state index in [2.05, 4.69) is 10.6 Å². The van der Waals surface area contributed by atoms with Gasteiger partial charge in [0.15, 0.2) is 5.96 Å². The average molecular weight is 297 g/mol. The fourth-order valence-electron chi connectivity index (χ4n) is 2.28. The van der Waals surface area contributed by atoms with E-state index in [1.165, 1.54) is 0 Å². The lowest BCUT2D eigenvalue weighted by molar-refractivity contribution is 0.255. The average Bonchev–Trinajstić information content (AvgIpc) is 2.88. The first kappa shape index (κ1) is 16.3. The summed E-state index contributed by atoms with van der Waals surface area (Å²) in [5, 5.41) is 13.2. The first-order valence-electron chi connectivity index (χ1n) is 6.55. The lowest BCUT2D eigenvalue weighted by Crippen LogP contribution is -2.43. The molecular formula is C14H21ClN4O. The first-order chi connectivity index (χ1) is 9.08. The zero-order valence-corrected chi connectivity index (χ0v) is 12.6. The zero-order chi connectivity index (χ0) is 13.8. The number of urea groups is 1. The molecule has 5 nitrogen and oxygen atoms in total. The van der Waals surface area contributed by atoms with Crippen LogP contribution in [0.25, 0.3) is 0 Å². The summed E-state index contributed by atoms with van der Waals surface area (Å²) in [6, 6.07) is 5.51. The van der Waals surface area contributed by atoms with Crippen LogP contribution in [0.5, 0.6) is 0 Å². The summed E-state index contributed by atoms with van der Waals surface area (Å²) in [4.78, 5) is 13.8. The molecule has 1 heterocycles. The minimum Gasteiger partial charge on any atom is -0.343 e. The van der Waals surface area contributed by atoms with Gasteiger partial charge in [-0.3, -0.25) is 10.7 Å². The minimum absolute atomic E-state index is 0. The van der Waals surface area contributed by atoms with Crippen LogP contribution < -0.4 is 10.6 Å². The van der Waals surface area contributed by atoms with Crippen LogP contribution >= 0.6 is 12.4 Å². The van der Waals surface area contributed by atoms with Crippen LogP contribution in [0, 0.1) is 19.3 Å². The molecule has 0 bridgehead atoms. The molecule has 20 heavy (non-hydrogen) atoms. The van der Waals surface area contributed by atoms with Gasteiger partial charge >= 0.3 is 6.03 Å². The number of likely N-dealkylation sites (tertiary alicyclic amines) is 1. The van der Waals surface area contributed by atoms with Crippen molar-refractivity contribution in [2.45, 2.75) is 26.7 Å². The maximum absolute atomic E-state index is 11.9. The third-order valence-electron chi connectivity index (χ3n) is 3.37. The lowest BCUT2D eigenvalue weighted by atomic mass is 10.1. The summed E-state index contributed by atoms with van der Waals surface area (Å²) in [5.74, 6) is 0.182. The van der Waals surface area contributed by atoms with Crippen molar-refractivity contribution in [3.63, 3.8) is 0 Å². The van der Waals surface area contributed by atoms with Gasteiger partial charge in [-0.05, 0) is 37.8 Å². The quantitative estimate of drug-likeness (QED) is 0.551. The molecular weight excluding hydrogens is 276 g/mol. The summed E-state index contributed by atoms with van der Waals surface area (Å²) in [7, 11) is 0. The molecule has 0 aliphatic carbocycles. The van der Waals surface area contributed by atoms with Crippen LogP contribution in [0.4, 0.5) is 10.5 Å². The van der Waals surface area contributed by atoms with Gasteiger partial charge in [0.05, 0.1) is 0 Å². The third-order valence-corrected chi connectivity index (χ3v) is 3.37. The van der Waals surface area contributed by atoms with E-state index in [-0.39, 0.29) is 24.4 Å². The van der Waals surface area contributed by atoms with Crippen LogP contribution in [-0.2, 0) is 0 Å². The van der Waals surface area contributed by atoms with Gasteiger partial charge in [0, 0.05) is 18.8 Å². The Hall–Kier alpha value is -1.75. The number of carbonyl (C=O) groups excluding carboxylic acids is 1. The molecule has 1 aliphatic heterocycles. The number of nitrogens with one attached hydrogen (secondary N) is 3. The number of hydrogen-bond acceptors (Lipinski definition) is 2. The molecule has 0 saturated carbocycles. The molecule has 3 N–H and O–H groups in total. The number of para-hydroxylation sites is 1. The lowest BCUT2D eigenvalue weighted by Gasteiger charge is -2.19. The highest BCUT2D eigenvalue weighted by molar-refractivity contribution is 6.02. The largest absolute Gasteiger partial charge is 0.343 e. The Morgan fingerprint density at radius 3 is 2.30 bits per heavy atom. The summed E-state index contributed by atoms with van der Waals surface area (Å²) in [6.07, 6.45) is 2.17. The van der Waals surface area contributed by atoms with Crippen molar-refractivity contribution >= 4 is 30.1 Å². The predicted molar refractivity (Wildman–Crippen MR) is 83.9 cm³/mol. The van der Waals surface area contributed by atoms with Crippen molar-refractivity contribution in [1.82, 2.24) is 10.2 Å². The van der Waals surface area contributed by atoms with Gasteiger partial charge in [-0.2, -0.15) is 0 Å². The second-order valence-electron chi connectivity index (χ2n) is 4.89. The van der Waals surface area contributed by atoms with E-state index < -0.39 is 0 Å². The van der Waals surface area contributed by atoms with E-state index in [0.717, 1.165) is 42.7 Å². The van der Waals surface area contributed by atoms with Crippen molar-refractivity contribution in [1.29, 1.82) is 5.41 Å². The Kier molecular flexibility index (Phi) is 5.82. The Balaban J connectivity index is 0.00000200. The van der Waals surface area contributed by atoms with Crippen molar-refractivity contribution in [2.75, 3.05) is 18.4 Å². The minimum atomic E-state index is -0.352. The Bertz CT molecular complexity index is 478. The zero-order valence-electron chi connectivity index (χ0n) is 11.8. The van der Waals surface area contributed by atoms with E-state index in [0.29, 0.717) is 0 Å². The molecule has 2 amide bonds. The van der Waals surface area contributed by atoms with Crippen LogP contribution in [0.15, 0.2) is 18.2 Å². The van der Waals surface area contributed by atoms with Gasteiger partial charge in [-0.15, -0.1) is 12.4 Å². The van der Waals surface area contributed by atoms with Crippen molar-refractivity contribution in [3.05, 3.63) is 29.3 Å². The molecule has 6 heteroatoms. The number of carbonyl (C=O) groups is 1. The molecule has 1 aromatic rings. The van der Waals surface area contributed by atoms with Gasteiger partial charge in [0.2, 0.25) is 0 Å². The molecule has 1 aliphatic rings. The molecule has 1 saturated heterocycles. The van der Waals surface area contributed by atoms with E-state index in [9.17, 15) is 4.79 Å².